The third-order valence-corrected chi connectivity index (χ3v) is 7.60. The van der Waals surface area contributed by atoms with Gasteiger partial charge in [-0.2, -0.15) is 4.99 Å². The van der Waals surface area contributed by atoms with Crippen molar-refractivity contribution < 1.29 is 23.1 Å². The van der Waals surface area contributed by atoms with Crippen LogP contribution >= 0.6 is 23.4 Å². The molecule has 140 valence electrons. The van der Waals surface area contributed by atoms with Gasteiger partial charge in [0.2, 0.25) is 5.91 Å². The van der Waals surface area contributed by atoms with Gasteiger partial charge in [-0.25, -0.2) is 8.42 Å². The molecule has 2 heterocycles. The summed E-state index contributed by atoms with van der Waals surface area (Å²) in [4.78, 5) is 28.6. The lowest BCUT2D eigenvalue weighted by Gasteiger charge is -2.24. The number of carbonyl (C=O) groups is 2. The van der Waals surface area contributed by atoms with Gasteiger partial charge in [0.15, 0.2) is 15.0 Å². The molecule has 10 heteroatoms. The molecular formula is C16H17ClN2O5S2. The number of fused-ring (bicyclic) bond motifs is 1. The summed E-state index contributed by atoms with van der Waals surface area (Å²) in [7, 11) is -3.13. The molecular weight excluding hydrogens is 400 g/mol. The number of aliphatic carboxylic acids is 1. The average molecular weight is 417 g/mol. The van der Waals surface area contributed by atoms with Crippen molar-refractivity contribution in [3.05, 3.63) is 29.3 Å². The van der Waals surface area contributed by atoms with Gasteiger partial charge in [0.1, 0.15) is 0 Å². The third-order valence-electron chi connectivity index (χ3n) is 4.15. The van der Waals surface area contributed by atoms with Crippen molar-refractivity contribution in [2.24, 2.45) is 4.99 Å². The monoisotopic (exact) mass is 416 g/mol. The number of hydrogen-bond donors (Lipinski definition) is 1. The molecule has 7 nitrogen and oxygen atoms in total. The van der Waals surface area contributed by atoms with Crippen LogP contribution in [0.1, 0.15) is 19.3 Å². The Morgan fingerprint density at radius 3 is 2.77 bits per heavy atom. The number of rotatable bonds is 5. The largest absolute Gasteiger partial charge is 0.481 e. The number of carboxylic acid groups (broad SMARTS) is 1. The van der Waals surface area contributed by atoms with Gasteiger partial charge in [-0.15, -0.1) is 0 Å². The first-order valence-electron chi connectivity index (χ1n) is 8.00. The lowest BCUT2D eigenvalue weighted by molar-refractivity contribution is -0.137. The van der Waals surface area contributed by atoms with E-state index in [0.717, 1.165) is 0 Å². The maximum atomic E-state index is 12.1. The number of anilines is 1. The Balaban J connectivity index is 1.85. The topological polar surface area (TPSA) is 104 Å². The van der Waals surface area contributed by atoms with Gasteiger partial charge in [-0.1, -0.05) is 29.4 Å². The number of benzene rings is 1. The number of thioether (sulfide) groups is 1. The Morgan fingerprint density at radius 2 is 2.08 bits per heavy atom. The summed E-state index contributed by atoms with van der Waals surface area (Å²) >= 11 is 7.34. The van der Waals surface area contributed by atoms with E-state index >= 15 is 0 Å². The zero-order valence-corrected chi connectivity index (χ0v) is 16.1. The molecule has 0 bridgehead atoms. The highest BCUT2D eigenvalue weighted by atomic mass is 35.5. The SMILES string of the molecule is O=C(O)CCCC(=O)N=C1S[C@H]2CS(=O)(=O)C[C@@H]2N1c1cccc(Cl)c1. The number of carboxylic acids is 1. The molecule has 0 unspecified atom stereocenters. The standard InChI is InChI=1S/C16H17ClN2O5S2/c17-10-3-1-4-11(7-10)19-12-8-26(23,24)9-13(12)25-16(19)18-14(20)5-2-6-15(21)22/h1,3-4,7,12-13H,2,5-6,8-9H2,(H,21,22)/t12-,13-/m0/s1. The fraction of sp³-hybridized carbons (Fsp3) is 0.438. The first kappa shape index (κ1) is 19.2. The molecule has 26 heavy (non-hydrogen) atoms. The highest BCUT2D eigenvalue weighted by Gasteiger charge is 2.49. The molecule has 2 atom stereocenters. The molecule has 0 radical (unpaired) electrons. The van der Waals surface area contributed by atoms with Crippen LogP contribution in [0.5, 0.6) is 0 Å². The van der Waals surface area contributed by atoms with Gasteiger partial charge in [0.05, 0.1) is 17.5 Å². The van der Waals surface area contributed by atoms with E-state index in [1.807, 2.05) is 0 Å². The minimum atomic E-state index is -3.13. The van der Waals surface area contributed by atoms with Crippen LogP contribution in [0.15, 0.2) is 29.3 Å². The molecule has 1 amide bonds. The molecule has 1 aromatic carbocycles. The molecule has 3 rings (SSSR count). The van der Waals surface area contributed by atoms with Gasteiger partial charge >= 0.3 is 5.97 Å². The van der Waals surface area contributed by atoms with E-state index in [-0.39, 0.29) is 42.1 Å². The molecule has 2 saturated heterocycles. The second-order valence-electron chi connectivity index (χ2n) is 6.19. The number of aliphatic imine (C=N–C) groups is 1. The summed E-state index contributed by atoms with van der Waals surface area (Å²) in [6.45, 7) is 0. The third kappa shape index (κ3) is 4.39. The Bertz CT molecular complexity index is 871. The predicted octanol–water partition coefficient (Wildman–Crippen LogP) is 2.20. The van der Waals surface area contributed by atoms with Gasteiger partial charge in [-0.05, 0) is 24.6 Å². The quantitative estimate of drug-likeness (QED) is 0.784. The predicted molar refractivity (Wildman–Crippen MR) is 102 cm³/mol. The fourth-order valence-electron chi connectivity index (χ4n) is 3.05. The maximum Gasteiger partial charge on any atom is 0.303 e. The van der Waals surface area contributed by atoms with Crippen molar-refractivity contribution in [3.8, 4) is 0 Å². The molecule has 0 saturated carbocycles. The first-order valence-corrected chi connectivity index (χ1v) is 11.1. The summed E-state index contributed by atoms with van der Waals surface area (Å²) in [6, 6.07) is 6.68. The van der Waals surface area contributed by atoms with E-state index in [4.69, 9.17) is 16.7 Å². The number of amides is 1. The van der Waals surface area contributed by atoms with Crippen molar-refractivity contribution in [1.29, 1.82) is 0 Å². The highest BCUT2D eigenvalue weighted by Crippen LogP contribution is 2.41. The van der Waals surface area contributed by atoms with Crippen molar-refractivity contribution in [1.82, 2.24) is 0 Å². The van der Waals surface area contributed by atoms with Gasteiger partial charge < -0.3 is 10.0 Å². The number of sulfone groups is 1. The second kappa shape index (κ2) is 7.58. The average Bonchev–Trinajstić information content (AvgIpc) is 2.97. The molecule has 2 aliphatic rings. The minimum absolute atomic E-state index is 0.00338. The molecule has 1 aromatic rings. The van der Waals surface area contributed by atoms with E-state index in [0.29, 0.717) is 15.9 Å². The zero-order chi connectivity index (χ0) is 18.9. The second-order valence-corrected chi connectivity index (χ2v) is 9.98. The van der Waals surface area contributed by atoms with Crippen LogP contribution in [-0.2, 0) is 19.4 Å². The normalized spacial score (nSPS) is 25.4. The zero-order valence-electron chi connectivity index (χ0n) is 13.7. The van der Waals surface area contributed by atoms with Crippen LogP contribution in [0.2, 0.25) is 5.02 Å². The van der Waals surface area contributed by atoms with Crippen molar-refractivity contribution in [2.45, 2.75) is 30.6 Å². The van der Waals surface area contributed by atoms with Gasteiger partial charge in [0.25, 0.3) is 0 Å². The minimum Gasteiger partial charge on any atom is -0.481 e. The van der Waals surface area contributed by atoms with Crippen LogP contribution < -0.4 is 4.90 Å². The molecule has 0 aliphatic carbocycles. The molecule has 0 aromatic heterocycles. The Morgan fingerprint density at radius 1 is 1.31 bits per heavy atom. The van der Waals surface area contributed by atoms with E-state index < -0.39 is 21.7 Å². The van der Waals surface area contributed by atoms with Crippen LogP contribution in [0, 0.1) is 0 Å². The molecule has 0 spiro atoms. The fourth-order valence-corrected chi connectivity index (χ4v) is 7.16. The molecule has 1 N–H and O–H groups in total. The number of halogens is 1. The first-order chi connectivity index (χ1) is 12.2. The van der Waals surface area contributed by atoms with E-state index in [9.17, 15) is 18.0 Å². The van der Waals surface area contributed by atoms with Crippen molar-refractivity contribution in [3.63, 3.8) is 0 Å². The summed E-state index contributed by atoms with van der Waals surface area (Å²) in [5.41, 5.74) is 0.687. The van der Waals surface area contributed by atoms with Gasteiger partial charge in [0, 0.05) is 28.8 Å². The van der Waals surface area contributed by atoms with Crippen molar-refractivity contribution in [2.75, 3.05) is 16.4 Å². The lowest BCUT2D eigenvalue weighted by Crippen LogP contribution is -2.37. The highest BCUT2D eigenvalue weighted by molar-refractivity contribution is 8.16. The Kier molecular flexibility index (Phi) is 5.59. The molecule has 2 aliphatic heterocycles. The maximum absolute atomic E-state index is 12.1. The van der Waals surface area contributed by atoms with Crippen LogP contribution in [0.25, 0.3) is 0 Å². The summed E-state index contributed by atoms with van der Waals surface area (Å²) in [6.07, 6.45) is 0.159. The number of nitrogens with zero attached hydrogens (tertiary/aromatic N) is 2. The van der Waals surface area contributed by atoms with Gasteiger partial charge in [-0.3, -0.25) is 9.59 Å². The smallest absolute Gasteiger partial charge is 0.303 e. The van der Waals surface area contributed by atoms with Crippen LogP contribution in [0.4, 0.5) is 5.69 Å². The van der Waals surface area contributed by atoms with Crippen LogP contribution in [-0.4, -0.2) is 53.4 Å². The number of carbonyl (C=O) groups excluding carboxylic acids is 1. The van der Waals surface area contributed by atoms with Crippen molar-refractivity contribution >= 4 is 55.9 Å². The Labute approximate surface area is 160 Å². The lowest BCUT2D eigenvalue weighted by atomic mass is 10.2. The Hall–Kier alpha value is -1.58. The van der Waals surface area contributed by atoms with E-state index in [1.54, 1.807) is 29.2 Å². The number of hydrogen-bond acceptors (Lipinski definition) is 5. The summed E-state index contributed by atoms with van der Waals surface area (Å²) < 4.78 is 24.0. The summed E-state index contributed by atoms with van der Waals surface area (Å²) in [5.74, 6) is -1.32. The van der Waals surface area contributed by atoms with E-state index in [2.05, 4.69) is 4.99 Å². The molecule has 2 fully saturated rings. The number of amidine groups is 1. The van der Waals surface area contributed by atoms with E-state index in [1.165, 1.54) is 11.8 Å². The van der Waals surface area contributed by atoms with Crippen LogP contribution in [0.3, 0.4) is 0 Å². The summed E-state index contributed by atoms with van der Waals surface area (Å²) in [5, 5.41) is 9.41.